The van der Waals surface area contributed by atoms with Crippen LogP contribution >= 0.6 is 0 Å². The van der Waals surface area contributed by atoms with E-state index < -0.39 is 11.2 Å². The Morgan fingerprint density at radius 1 is 0.889 bits per heavy atom. The summed E-state index contributed by atoms with van der Waals surface area (Å²) >= 11 is 0. The SMILES string of the molecule is CC(=O)N1CCN(CC2(O)CCN(c3ccccc3C)CC2)C[C@@](O)(COc2ccc(C)c(C)c2)C1. The number of ether oxygens (including phenoxy) is 1. The van der Waals surface area contributed by atoms with Crippen molar-refractivity contribution < 1.29 is 19.7 Å². The lowest BCUT2D eigenvalue weighted by molar-refractivity contribution is -0.132. The van der Waals surface area contributed by atoms with E-state index in [0.717, 1.165) is 18.7 Å². The number of aliphatic hydroxyl groups is 2. The molecule has 36 heavy (non-hydrogen) atoms. The van der Waals surface area contributed by atoms with E-state index in [1.165, 1.54) is 23.7 Å². The summed E-state index contributed by atoms with van der Waals surface area (Å²) in [7, 11) is 0. The van der Waals surface area contributed by atoms with Crippen molar-refractivity contribution in [2.24, 2.45) is 0 Å². The van der Waals surface area contributed by atoms with Crippen LogP contribution in [0.5, 0.6) is 5.75 Å². The first-order valence-electron chi connectivity index (χ1n) is 13.0. The van der Waals surface area contributed by atoms with Crippen LogP contribution in [0, 0.1) is 20.8 Å². The summed E-state index contributed by atoms with van der Waals surface area (Å²) in [6, 6.07) is 14.3. The van der Waals surface area contributed by atoms with Gasteiger partial charge in [-0.2, -0.15) is 0 Å². The second kappa shape index (κ2) is 10.8. The number of hydrogen-bond acceptors (Lipinski definition) is 6. The van der Waals surface area contributed by atoms with Crippen LogP contribution in [-0.4, -0.2) is 89.5 Å². The van der Waals surface area contributed by atoms with Crippen molar-refractivity contribution in [2.45, 2.75) is 51.7 Å². The average molecular weight is 496 g/mol. The predicted octanol–water partition coefficient (Wildman–Crippen LogP) is 2.92. The number of rotatable bonds is 6. The number of anilines is 1. The molecule has 0 saturated carbocycles. The molecule has 2 heterocycles. The van der Waals surface area contributed by atoms with Crippen molar-refractivity contribution in [1.82, 2.24) is 9.80 Å². The van der Waals surface area contributed by atoms with Gasteiger partial charge in [-0.1, -0.05) is 24.3 Å². The van der Waals surface area contributed by atoms with Crippen molar-refractivity contribution in [1.29, 1.82) is 0 Å². The third kappa shape index (κ3) is 6.38. The van der Waals surface area contributed by atoms with E-state index in [9.17, 15) is 15.0 Å². The van der Waals surface area contributed by atoms with Crippen LogP contribution in [0.1, 0.15) is 36.5 Å². The highest BCUT2D eigenvalue weighted by Gasteiger charge is 2.41. The third-order valence-corrected chi connectivity index (χ3v) is 7.79. The Morgan fingerprint density at radius 2 is 1.61 bits per heavy atom. The normalized spacial score (nSPS) is 22.8. The lowest BCUT2D eigenvalue weighted by Crippen LogP contribution is -2.55. The molecule has 0 bridgehead atoms. The summed E-state index contributed by atoms with van der Waals surface area (Å²) in [6.07, 6.45) is 1.32. The lowest BCUT2D eigenvalue weighted by Gasteiger charge is -2.43. The van der Waals surface area contributed by atoms with Crippen LogP contribution in [-0.2, 0) is 4.79 Å². The molecular weight excluding hydrogens is 454 g/mol. The number of benzene rings is 2. The zero-order valence-electron chi connectivity index (χ0n) is 22.2. The minimum atomic E-state index is -1.24. The van der Waals surface area contributed by atoms with Crippen LogP contribution in [0.25, 0.3) is 0 Å². The van der Waals surface area contributed by atoms with Crippen LogP contribution < -0.4 is 9.64 Å². The molecule has 2 aliphatic heterocycles. The number of amides is 1. The summed E-state index contributed by atoms with van der Waals surface area (Å²) in [5, 5.41) is 23.1. The quantitative estimate of drug-likeness (QED) is 0.642. The summed E-state index contributed by atoms with van der Waals surface area (Å²) in [5.74, 6) is 0.644. The van der Waals surface area contributed by atoms with Crippen molar-refractivity contribution in [3.05, 3.63) is 59.2 Å². The number of hydrogen-bond donors (Lipinski definition) is 2. The molecule has 1 amide bonds. The molecule has 2 aliphatic rings. The molecule has 2 aromatic carbocycles. The van der Waals surface area contributed by atoms with Gasteiger partial charge in [0, 0.05) is 51.9 Å². The maximum Gasteiger partial charge on any atom is 0.219 e. The third-order valence-electron chi connectivity index (χ3n) is 7.79. The topological polar surface area (TPSA) is 76.5 Å². The van der Waals surface area contributed by atoms with Gasteiger partial charge in [0.2, 0.25) is 5.91 Å². The second-order valence-corrected chi connectivity index (χ2v) is 10.9. The van der Waals surface area contributed by atoms with E-state index in [0.29, 0.717) is 44.8 Å². The molecule has 0 aromatic heterocycles. The number of para-hydroxylation sites is 1. The predicted molar refractivity (Wildman–Crippen MR) is 143 cm³/mol. The van der Waals surface area contributed by atoms with Gasteiger partial charge in [0.05, 0.1) is 12.1 Å². The molecule has 0 spiro atoms. The van der Waals surface area contributed by atoms with Crippen LogP contribution in [0.3, 0.4) is 0 Å². The summed E-state index contributed by atoms with van der Waals surface area (Å²) in [4.78, 5) is 18.4. The standard InChI is InChI=1S/C29H41N3O4/c1-22-9-10-26(17-24(22)3)36-21-29(35)19-30(15-16-32(20-29)25(4)33)18-28(34)11-13-31(14-12-28)27-8-6-5-7-23(27)2/h5-10,17,34-35H,11-16,18-21H2,1-4H3/t29-/m0/s1. The van der Waals surface area contributed by atoms with E-state index in [2.05, 4.69) is 41.8 Å². The zero-order chi connectivity index (χ0) is 25.9. The van der Waals surface area contributed by atoms with Crippen molar-refractivity contribution in [3.8, 4) is 5.75 Å². The highest BCUT2D eigenvalue weighted by atomic mass is 16.5. The molecule has 2 fully saturated rings. The molecular formula is C29H41N3O4. The number of carbonyl (C=O) groups excluding carboxylic acids is 1. The molecule has 0 radical (unpaired) electrons. The lowest BCUT2D eigenvalue weighted by atomic mass is 9.89. The maximum atomic E-state index is 12.3. The maximum absolute atomic E-state index is 12.3. The first kappa shape index (κ1) is 26.5. The fourth-order valence-corrected chi connectivity index (χ4v) is 5.41. The van der Waals surface area contributed by atoms with Gasteiger partial charge in [0.1, 0.15) is 18.0 Å². The average Bonchev–Trinajstić information content (AvgIpc) is 2.99. The highest BCUT2D eigenvalue weighted by molar-refractivity contribution is 5.73. The molecule has 196 valence electrons. The minimum Gasteiger partial charge on any atom is -0.490 e. The first-order chi connectivity index (χ1) is 17.1. The first-order valence-corrected chi connectivity index (χ1v) is 13.0. The zero-order valence-corrected chi connectivity index (χ0v) is 22.2. The Bertz CT molecular complexity index is 1070. The van der Waals surface area contributed by atoms with Gasteiger partial charge >= 0.3 is 0 Å². The van der Waals surface area contributed by atoms with Crippen molar-refractivity contribution >= 4 is 11.6 Å². The highest BCUT2D eigenvalue weighted by Crippen LogP contribution is 2.30. The van der Waals surface area contributed by atoms with E-state index in [-0.39, 0.29) is 19.1 Å². The van der Waals surface area contributed by atoms with Crippen LogP contribution in [0.2, 0.25) is 0 Å². The molecule has 0 unspecified atom stereocenters. The summed E-state index contributed by atoms with van der Waals surface area (Å²) < 4.78 is 6.02. The molecule has 4 rings (SSSR count). The number of aryl methyl sites for hydroxylation is 3. The molecule has 2 N–H and O–H groups in total. The summed E-state index contributed by atoms with van der Waals surface area (Å²) in [5.41, 5.74) is 2.72. The molecule has 2 aromatic rings. The van der Waals surface area contributed by atoms with Crippen molar-refractivity contribution in [2.75, 3.05) is 57.3 Å². The Morgan fingerprint density at radius 3 is 2.28 bits per heavy atom. The smallest absolute Gasteiger partial charge is 0.219 e. The van der Waals surface area contributed by atoms with Gasteiger partial charge in [-0.05, 0) is 68.5 Å². The van der Waals surface area contributed by atoms with Gasteiger partial charge in [-0.15, -0.1) is 0 Å². The Labute approximate surface area is 215 Å². The van der Waals surface area contributed by atoms with Crippen molar-refractivity contribution in [3.63, 3.8) is 0 Å². The van der Waals surface area contributed by atoms with Crippen LogP contribution in [0.4, 0.5) is 5.69 Å². The second-order valence-electron chi connectivity index (χ2n) is 10.9. The van der Waals surface area contributed by atoms with Gasteiger partial charge < -0.3 is 24.7 Å². The Hall–Kier alpha value is -2.61. The van der Waals surface area contributed by atoms with Crippen LogP contribution in [0.15, 0.2) is 42.5 Å². The fourth-order valence-electron chi connectivity index (χ4n) is 5.41. The molecule has 7 heteroatoms. The van der Waals surface area contributed by atoms with Gasteiger partial charge in [0.15, 0.2) is 0 Å². The minimum absolute atomic E-state index is 0.0632. The number of β-amino-alcohol motifs (C(OH)–C–C–N with tert-alkyl or cyclic N) is 2. The summed E-state index contributed by atoms with van der Waals surface area (Å²) in [6.45, 7) is 11.5. The molecule has 1 atom stereocenters. The van der Waals surface area contributed by atoms with Gasteiger partial charge in [0.25, 0.3) is 0 Å². The van der Waals surface area contributed by atoms with E-state index in [1.54, 1.807) is 4.90 Å². The number of carbonyl (C=O) groups is 1. The monoisotopic (exact) mass is 495 g/mol. The molecule has 0 aliphatic carbocycles. The Balaban J connectivity index is 1.42. The number of piperidine rings is 1. The van der Waals surface area contributed by atoms with E-state index in [4.69, 9.17) is 4.74 Å². The Kier molecular flexibility index (Phi) is 7.93. The van der Waals surface area contributed by atoms with Gasteiger partial charge in [-0.3, -0.25) is 9.69 Å². The van der Waals surface area contributed by atoms with E-state index in [1.807, 2.05) is 31.2 Å². The van der Waals surface area contributed by atoms with Gasteiger partial charge in [-0.25, -0.2) is 0 Å². The largest absolute Gasteiger partial charge is 0.490 e. The number of nitrogens with zero attached hydrogens (tertiary/aromatic N) is 3. The molecule has 2 saturated heterocycles. The van der Waals surface area contributed by atoms with E-state index >= 15 is 0 Å². The molecule has 7 nitrogen and oxygen atoms in total. The fraction of sp³-hybridized carbons (Fsp3) is 0.552.